The lowest BCUT2D eigenvalue weighted by Crippen LogP contribution is -2.55. The molecular weight excluding hydrogens is 432 g/mol. The van der Waals surface area contributed by atoms with E-state index in [4.69, 9.17) is 19.4 Å². The molecule has 2 aromatic carbocycles. The summed E-state index contributed by atoms with van der Waals surface area (Å²) in [5.74, 6) is 0.647. The van der Waals surface area contributed by atoms with Gasteiger partial charge in [-0.1, -0.05) is 38.5 Å². The number of hydrogen-bond acceptors (Lipinski definition) is 6. The Hall–Kier alpha value is -3.68. The van der Waals surface area contributed by atoms with Crippen molar-refractivity contribution in [3.05, 3.63) is 58.9 Å². The minimum Gasteiger partial charge on any atom is -0.454 e. The van der Waals surface area contributed by atoms with Gasteiger partial charge in [0.2, 0.25) is 6.79 Å². The van der Waals surface area contributed by atoms with E-state index in [1.165, 1.54) is 0 Å². The molecule has 2 heterocycles. The van der Waals surface area contributed by atoms with E-state index in [1.807, 2.05) is 31.2 Å². The van der Waals surface area contributed by atoms with Crippen molar-refractivity contribution in [2.75, 3.05) is 6.79 Å². The first-order valence-corrected chi connectivity index (χ1v) is 11.5. The molecular formula is C26H26N4O4. The van der Waals surface area contributed by atoms with Crippen molar-refractivity contribution in [1.82, 2.24) is 20.8 Å². The topological polar surface area (TPSA) is 102 Å². The van der Waals surface area contributed by atoms with E-state index < -0.39 is 10.8 Å². The molecule has 34 heavy (non-hydrogen) atoms. The van der Waals surface area contributed by atoms with Crippen molar-refractivity contribution < 1.29 is 19.1 Å². The Balaban J connectivity index is 1.39. The molecule has 2 bridgehead atoms. The van der Waals surface area contributed by atoms with E-state index in [9.17, 15) is 9.59 Å². The van der Waals surface area contributed by atoms with Gasteiger partial charge in [0.05, 0.1) is 22.4 Å². The van der Waals surface area contributed by atoms with Gasteiger partial charge in [0.25, 0.3) is 11.8 Å². The van der Waals surface area contributed by atoms with Crippen molar-refractivity contribution >= 4 is 22.8 Å². The van der Waals surface area contributed by atoms with Gasteiger partial charge in [-0.2, -0.15) is 0 Å². The average Bonchev–Trinajstić information content (AvgIpc) is 3.39. The first kappa shape index (κ1) is 20.9. The van der Waals surface area contributed by atoms with E-state index in [0.29, 0.717) is 34.7 Å². The minimum atomic E-state index is -0.921. The molecule has 2 atom stereocenters. The zero-order valence-corrected chi connectivity index (χ0v) is 19.6. The lowest BCUT2D eigenvalue weighted by atomic mass is 9.63. The van der Waals surface area contributed by atoms with Gasteiger partial charge in [-0.25, -0.2) is 9.97 Å². The number of amides is 2. The van der Waals surface area contributed by atoms with Gasteiger partial charge >= 0.3 is 0 Å². The Kier molecular flexibility index (Phi) is 4.11. The summed E-state index contributed by atoms with van der Waals surface area (Å²) in [6, 6.07) is 10.9. The molecule has 6 rings (SSSR count). The Bertz CT molecular complexity index is 1380. The molecule has 3 aliphatic rings. The zero-order chi connectivity index (χ0) is 23.9. The number of rotatable bonds is 2. The molecule has 2 aliphatic carbocycles. The second-order valence-corrected chi connectivity index (χ2v) is 10.3. The lowest BCUT2D eigenvalue weighted by Gasteiger charge is -2.39. The molecule has 0 spiro atoms. The van der Waals surface area contributed by atoms with E-state index in [2.05, 4.69) is 31.6 Å². The third-order valence-electron chi connectivity index (χ3n) is 8.52. The van der Waals surface area contributed by atoms with Crippen LogP contribution < -0.4 is 20.3 Å². The molecule has 2 N–H and O–H groups in total. The summed E-state index contributed by atoms with van der Waals surface area (Å²) >= 11 is 0. The molecule has 3 aromatic rings. The fourth-order valence-corrected chi connectivity index (χ4v) is 5.99. The molecule has 1 fully saturated rings. The van der Waals surface area contributed by atoms with E-state index in [0.717, 1.165) is 23.2 Å². The number of aromatic nitrogens is 2. The monoisotopic (exact) mass is 458 g/mol. The normalized spacial score (nSPS) is 25.3. The van der Waals surface area contributed by atoms with Gasteiger partial charge in [0, 0.05) is 23.1 Å². The van der Waals surface area contributed by atoms with Crippen LogP contribution in [0.3, 0.4) is 0 Å². The number of hydrazine groups is 1. The largest absolute Gasteiger partial charge is 0.454 e. The molecule has 8 heteroatoms. The van der Waals surface area contributed by atoms with Gasteiger partial charge in [0.1, 0.15) is 5.41 Å². The van der Waals surface area contributed by atoms with Crippen LogP contribution in [0.25, 0.3) is 11.0 Å². The number of carbonyl (C=O) groups is 2. The van der Waals surface area contributed by atoms with Gasteiger partial charge in [-0.3, -0.25) is 20.4 Å². The van der Waals surface area contributed by atoms with E-state index in [1.54, 1.807) is 12.1 Å². The number of nitrogens with one attached hydrogen (secondary N) is 2. The molecule has 174 valence electrons. The third kappa shape index (κ3) is 2.48. The van der Waals surface area contributed by atoms with Crippen molar-refractivity contribution in [1.29, 1.82) is 0 Å². The summed E-state index contributed by atoms with van der Waals surface area (Å²) in [7, 11) is 0. The molecule has 2 amide bonds. The molecule has 0 radical (unpaired) electrons. The SMILES string of the molecule is Cc1ccc(C(=O)NNC(=O)C23CCC(C)(c4nc5cc6c(cc5nc42)OCO6)C3(C)C)cc1. The van der Waals surface area contributed by atoms with Crippen LogP contribution in [0.4, 0.5) is 0 Å². The standard InChI is InChI=1S/C26H26N4O4/c1-14-5-7-15(8-6-14)22(31)29-30-23(32)26-10-9-25(4,24(26,2)3)20-21(26)28-17-12-19-18(33-13-34-19)11-16(17)27-20/h5-8,11-12H,9-10,13H2,1-4H3,(H,29,31)(H,30,32). The molecule has 8 nitrogen and oxygen atoms in total. The maximum Gasteiger partial charge on any atom is 0.269 e. The highest BCUT2D eigenvalue weighted by Crippen LogP contribution is 2.70. The predicted molar refractivity (Wildman–Crippen MR) is 124 cm³/mol. The molecule has 2 unspecified atom stereocenters. The third-order valence-corrected chi connectivity index (χ3v) is 8.52. The number of aryl methyl sites for hydroxylation is 1. The molecule has 1 aliphatic heterocycles. The van der Waals surface area contributed by atoms with E-state index >= 15 is 0 Å². The summed E-state index contributed by atoms with van der Waals surface area (Å²) in [5.41, 5.74) is 8.03. The van der Waals surface area contributed by atoms with Crippen LogP contribution >= 0.6 is 0 Å². The Labute approximate surface area is 197 Å². The first-order chi connectivity index (χ1) is 16.2. The highest BCUT2D eigenvalue weighted by atomic mass is 16.7. The molecule has 1 aromatic heterocycles. The number of benzene rings is 2. The van der Waals surface area contributed by atoms with Crippen LogP contribution in [0.5, 0.6) is 11.5 Å². The van der Waals surface area contributed by atoms with Gasteiger partial charge in [-0.15, -0.1) is 0 Å². The second-order valence-electron chi connectivity index (χ2n) is 10.3. The summed E-state index contributed by atoms with van der Waals surface area (Å²) in [6.07, 6.45) is 1.43. The summed E-state index contributed by atoms with van der Waals surface area (Å²) in [6.45, 7) is 8.48. The first-order valence-electron chi connectivity index (χ1n) is 11.5. The van der Waals surface area contributed by atoms with Crippen LogP contribution in [0.1, 0.15) is 60.9 Å². The maximum atomic E-state index is 13.8. The summed E-state index contributed by atoms with van der Waals surface area (Å²) in [5, 5.41) is 0. The second kappa shape index (κ2) is 6.68. The van der Waals surface area contributed by atoms with Crippen LogP contribution in [0.2, 0.25) is 0 Å². The van der Waals surface area contributed by atoms with Crippen molar-refractivity contribution in [3.63, 3.8) is 0 Å². The number of ether oxygens (including phenoxy) is 2. The van der Waals surface area contributed by atoms with Gasteiger partial charge < -0.3 is 9.47 Å². The number of carbonyl (C=O) groups excluding carboxylic acids is 2. The minimum absolute atomic E-state index is 0.170. The van der Waals surface area contributed by atoms with Crippen LogP contribution in [0.15, 0.2) is 36.4 Å². The van der Waals surface area contributed by atoms with Crippen molar-refractivity contribution in [2.24, 2.45) is 5.41 Å². The average molecular weight is 459 g/mol. The van der Waals surface area contributed by atoms with Gasteiger partial charge in [-0.05, 0) is 37.3 Å². The van der Waals surface area contributed by atoms with E-state index in [-0.39, 0.29) is 24.0 Å². The molecule has 1 saturated carbocycles. The Morgan fingerprint density at radius 2 is 1.50 bits per heavy atom. The van der Waals surface area contributed by atoms with Crippen molar-refractivity contribution in [2.45, 2.75) is 51.4 Å². The summed E-state index contributed by atoms with van der Waals surface area (Å²) < 4.78 is 11.0. The number of nitrogens with zero attached hydrogens (tertiary/aromatic N) is 2. The van der Waals surface area contributed by atoms with Crippen LogP contribution in [-0.4, -0.2) is 28.6 Å². The quantitative estimate of drug-likeness (QED) is 0.570. The Morgan fingerprint density at radius 1 is 0.882 bits per heavy atom. The van der Waals surface area contributed by atoms with Crippen LogP contribution in [-0.2, 0) is 15.6 Å². The van der Waals surface area contributed by atoms with Crippen LogP contribution in [0, 0.1) is 12.3 Å². The fraction of sp³-hybridized carbons (Fsp3) is 0.385. The molecule has 0 saturated heterocycles. The Morgan fingerprint density at radius 3 is 2.15 bits per heavy atom. The maximum absolute atomic E-state index is 13.8. The zero-order valence-electron chi connectivity index (χ0n) is 19.6. The smallest absolute Gasteiger partial charge is 0.269 e. The predicted octanol–water partition coefficient (Wildman–Crippen LogP) is 3.46. The van der Waals surface area contributed by atoms with Gasteiger partial charge in [0.15, 0.2) is 11.5 Å². The lowest BCUT2D eigenvalue weighted by molar-refractivity contribution is -0.131. The highest BCUT2D eigenvalue weighted by molar-refractivity contribution is 5.98. The summed E-state index contributed by atoms with van der Waals surface area (Å²) in [4.78, 5) is 36.4. The number of hydrogen-bond donors (Lipinski definition) is 2. The number of fused-ring (bicyclic) bond motifs is 7. The highest BCUT2D eigenvalue weighted by Gasteiger charge is 2.73. The van der Waals surface area contributed by atoms with Crippen molar-refractivity contribution in [3.8, 4) is 11.5 Å². The fourth-order valence-electron chi connectivity index (χ4n) is 5.99.